The Kier molecular flexibility index (Phi) is 6.04. The van der Waals surface area contributed by atoms with Gasteiger partial charge in [0.05, 0.1) is 0 Å². The molecule has 0 spiro atoms. The lowest BCUT2D eigenvalue weighted by molar-refractivity contribution is 0.627. The summed E-state index contributed by atoms with van der Waals surface area (Å²) in [6.45, 7) is 8.41. The van der Waals surface area contributed by atoms with Gasteiger partial charge in [-0.2, -0.15) is 0 Å². The molecule has 162 valence electrons. The highest BCUT2D eigenvalue weighted by molar-refractivity contribution is 6.08. The molecule has 2 aromatic carbocycles. The molecule has 4 heteroatoms. The summed E-state index contributed by atoms with van der Waals surface area (Å²) in [6, 6.07) is 14.9. The summed E-state index contributed by atoms with van der Waals surface area (Å²) < 4.78 is 19.8. The number of aryl methyl sites for hydroxylation is 1. The number of nitrogens with zero attached hydrogens (tertiary/aromatic N) is 2. The van der Waals surface area contributed by atoms with Crippen LogP contribution < -0.4 is 0 Å². The molecule has 0 aliphatic carbocycles. The molecular formula is C28H27FN2O. The minimum absolute atomic E-state index is 0.255. The number of hydrogen-bond acceptors (Lipinski definition) is 3. The van der Waals surface area contributed by atoms with Crippen LogP contribution in [0.15, 0.2) is 70.1 Å². The van der Waals surface area contributed by atoms with Crippen molar-refractivity contribution >= 4 is 39.4 Å². The number of hydrogen-bond donors (Lipinski definition) is 0. The van der Waals surface area contributed by atoms with Crippen molar-refractivity contribution in [1.29, 1.82) is 0 Å². The van der Waals surface area contributed by atoms with Gasteiger partial charge >= 0.3 is 0 Å². The Morgan fingerprint density at radius 1 is 1.03 bits per heavy atom. The Bertz CT molecular complexity index is 1370. The average Bonchev–Trinajstić information content (AvgIpc) is 3.14. The highest BCUT2D eigenvalue weighted by Crippen LogP contribution is 2.36. The van der Waals surface area contributed by atoms with Gasteiger partial charge in [-0.25, -0.2) is 9.37 Å². The minimum atomic E-state index is -0.255. The number of aliphatic imine (C=N–C) groups is 1. The number of halogens is 1. The molecule has 2 heterocycles. The maximum Gasteiger partial charge on any atom is 0.227 e. The van der Waals surface area contributed by atoms with Crippen LogP contribution in [0.3, 0.4) is 0 Å². The molecule has 4 rings (SSSR count). The summed E-state index contributed by atoms with van der Waals surface area (Å²) in [6.07, 6.45) is 5.77. The number of benzene rings is 2. The zero-order valence-electron chi connectivity index (χ0n) is 19.1. The van der Waals surface area contributed by atoms with Gasteiger partial charge in [0.1, 0.15) is 11.4 Å². The Morgan fingerprint density at radius 2 is 1.75 bits per heavy atom. The molecule has 0 radical (unpaired) electrons. The predicted octanol–water partition coefficient (Wildman–Crippen LogP) is 7.74. The molecule has 0 amide bonds. The summed E-state index contributed by atoms with van der Waals surface area (Å²) in [4.78, 5) is 8.83. The first kappa shape index (κ1) is 21.7. The Balaban J connectivity index is 1.90. The third-order valence-corrected chi connectivity index (χ3v) is 5.68. The zero-order valence-corrected chi connectivity index (χ0v) is 19.1. The van der Waals surface area contributed by atoms with E-state index in [1.165, 1.54) is 12.1 Å². The van der Waals surface area contributed by atoms with Gasteiger partial charge in [0, 0.05) is 35.3 Å². The molecule has 4 aromatic rings. The number of aromatic nitrogens is 1. The molecule has 3 nitrogen and oxygen atoms in total. The first-order chi connectivity index (χ1) is 15.4. The molecule has 0 bridgehead atoms. The normalized spacial score (nSPS) is 13.2. The highest BCUT2D eigenvalue weighted by Gasteiger charge is 2.16. The molecule has 2 aromatic heterocycles. The van der Waals surface area contributed by atoms with Crippen molar-refractivity contribution in [3.05, 3.63) is 88.9 Å². The summed E-state index contributed by atoms with van der Waals surface area (Å²) in [7, 11) is 1.73. The van der Waals surface area contributed by atoms with Gasteiger partial charge in [0.2, 0.25) is 5.71 Å². The molecule has 0 aliphatic rings. The molecule has 0 atom stereocenters. The molecule has 0 saturated heterocycles. The number of furan rings is 1. The first-order valence-electron chi connectivity index (χ1n) is 10.8. The van der Waals surface area contributed by atoms with Crippen molar-refractivity contribution in [2.45, 2.75) is 33.6 Å². The minimum Gasteiger partial charge on any atom is -0.437 e. The van der Waals surface area contributed by atoms with E-state index in [1.807, 2.05) is 6.08 Å². The quantitative estimate of drug-likeness (QED) is 0.242. The van der Waals surface area contributed by atoms with Gasteiger partial charge in [0.25, 0.3) is 0 Å². The monoisotopic (exact) mass is 426 g/mol. The highest BCUT2D eigenvalue weighted by atomic mass is 19.1. The predicted molar refractivity (Wildman–Crippen MR) is 133 cm³/mol. The summed E-state index contributed by atoms with van der Waals surface area (Å²) in [5.41, 5.74) is 7.61. The second kappa shape index (κ2) is 8.91. The molecule has 32 heavy (non-hydrogen) atoms. The number of rotatable bonds is 5. The third-order valence-electron chi connectivity index (χ3n) is 5.68. The largest absolute Gasteiger partial charge is 0.437 e. The number of allylic oxidation sites excluding steroid dienone is 4. The van der Waals surface area contributed by atoms with Crippen LogP contribution in [0.2, 0.25) is 0 Å². The molecule has 0 saturated carbocycles. The maximum absolute atomic E-state index is 13.5. The van der Waals surface area contributed by atoms with E-state index < -0.39 is 0 Å². The first-order valence-corrected chi connectivity index (χ1v) is 10.8. The van der Waals surface area contributed by atoms with Crippen molar-refractivity contribution in [3.63, 3.8) is 0 Å². The topological polar surface area (TPSA) is 38.4 Å². The number of pyridine rings is 1. The smallest absolute Gasteiger partial charge is 0.227 e. The second-order valence-corrected chi connectivity index (χ2v) is 8.34. The number of fused-ring (bicyclic) bond motifs is 3. The standard InChI is InChI=1S/C28H27FN2O/c1-17(2)25-13-12-24-23-11-6-18(3)26(27(23)32-28(24)31-25)19(4)16-21(14-15-30-5)20-7-9-22(29)10-8-20/h6-17H,1-5H3/b19-16+,21-14+,30-15+. The van der Waals surface area contributed by atoms with Gasteiger partial charge in [-0.05, 0) is 72.4 Å². The van der Waals surface area contributed by atoms with E-state index in [0.717, 1.165) is 49.9 Å². The Morgan fingerprint density at radius 3 is 2.44 bits per heavy atom. The fourth-order valence-corrected chi connectivity index (χ4v) is 3.98. The van der Waals surface area contributed by atoms with Crippen molar-refractivity contribution in [2.75, 3.05) is 7.05 Å². The molecule has 0 fully saturated rings. The van der Waals surface area contributed by atoms with E-state index in [0.29, 0.717) is 11.6 Å². The lowest BCUT2D eigenvalue weighted by Gasteiger charge is -2.09. The fraction of sp³-hybridized carbons (Fsp3) is 0.214. The summed E-state index contributed by atoms with van der Waals surface area (Å²) in [5.74, 6) is 0.0770. The summed E-state index contributed by atoms with van der Waals surface area (Å²) in [5, 5.41) is 2.07. The molecule has 0 N–H and O–H groups in total. The van der Waals surface area contributed by atoms with Crippen LogP contribution in [-0.4, -0.2) is 18.2 Å². The average molecular weight is 427 g/mol. The van der Waals surface area contributed by atoms with Gasteiger partial charge in [-0.3, -0.25) is 4.99 Å². The van der Waals surface area contributed by atoms with E-state index in [-0.39, 0.29) is 5.82 Å². The van der Waals surface area contributed by atoms with Crippen molar-refractivity contribution < 1.29 is 8.81 Å². The van der Waals surface area contributed by atoms with Crippen molar-refractivity contribution in [1.82, 2.24) is 4.98 Å². The van der Waals surface area contributed by atoms with E-state index in [4.69, 9.17) is 9.40 Å². The van der Waals surface area contributed by atoms with E-state index >= 15 is 0 Å². The fourth-order valence-electron chi connectivity index (χ4n) is 3.98. The summed E-state index contributed by atoms with van der Waals surface area (Å²) >= 11 is 0. The van der Waals surface area contributed by atoms with Crippen LogP contribution in [0.1, 0.15) is 49.1 Å². The molecule has 0 unspecified atom stereocenters. The van der Waals surface area contributed by atoms with Crippen LogP contribution in [0, 0.1) is 12.7 Å². The third kappa shape index (κ3) is 4.13. The van der Waals surface area contributed by atoms with E-state index in [9.17, 15) is 4.39 Å². The maximum atomic E-state index is 13.5. The van der Waals surface area contributed by atoms with Crippen molar-refractivity contribution in [3.8, 4) is 0 Å². The van der Waals surface area contributed by atoms with Gasteiger partial charge in [-0.15, -0.1) is 0 Å². The van der Waals surface area contributed by atoms with Gasteiger partial charge in [-0.1, -0.05) is 44.2 Å². The zero-order chi connectivity index (χ0) is 22.8. The lowest BCUT2D eigenvalue weighted by atomic mass is 9.95. The van der Waals surface area contributed by atoms with Crippen LogP contribution in [-0.2, 0) is 0 Å². The Hall–Kier alpha value is -3.53. The molecule has 0 aliphatic heterocycles. The van der Waals surface area contributed by atoms with Crippen molar-refractivity contribution in [2.24, 2.45) is 4.99 Å². The van der Waals surface area contributed by atoms with Crippen LogP contribution >= 0.6 is 0 Å². The van der Waals surface area contributed by atoms with Gasteiger partial charge in [0.15, 0.2) is 0 Å². The second-order valence-electron chi connectivity index (χ2n) is 8.34. The van der Waals surface area contributed by atoms with Crippen LogP contribution in [0.25, 0.3) is 33.2 Å². The van der Waals surface area contributed by atoms with Crippen LogP contribution in [0.5, 0.6) is 0 Å². The lowest BCUT2D eigenvalue weighted by Crippen LogP contribution is -1.90. The SMILES string of the molecule is C/N=C/C=C(\C=C(/C)c1c(C)ccc2c1oc1nc(C(C)C)ccc12)c1ccc(F)cc1. The van der Waals surface area contributed by atoms with Crippen LogP contribution in [0.4, 0.5) is 4.39 Å². The van der Waals surface area contributed by atoms with Gasteiger partial charge < -0.3 is 4.42 Å². The Labute approximate surface area is 188 Å². The van der Waals surface area contributed by atoms with E-state index in [1.54, 1.807) is 25.4 Å². The van der Waals surface area contributed by atoms with E-state index in [2.05, 4.69) is 63.0 Å². The molecular weight excluding hydrogens is 399 g/mol.